The van der Waals surface area contributed by atoms with Gasteiger partial charge in [0.25, 0.3) is 0 Å². The van der Waals surface area contributed by atoms with E-state index in [1.807, 2.05) is 25.1 Å². The summed E-state index contributed by atoms with van der Waals surface area (Å²) in [5.41, 5.74) is 1.63. The normalized spacial score (nSPS) is 18.3. The van der Waals surface area contributed by atoms with Crippen LogP contribution in [0.25, 0.3) is 11.1 Å². The Morgan fingerprint density at radius 2 is 2.00 bits per heavy atom. The van der Waals surface area contributed by atoms with E-state index in [4.69, 9.17) is 20.4 Å². The van der Waals surface area contributed by atoms with Crippen molar-refractivity contribution in [1.82, 2.24) is 20.1 Å². The number of halogens is 1. The third-order valence-corrected chi connectivity index (χ3v) is 4.93. The lowest BCUT2D eigenvalue weighted by Gasteiger charge is -2.33. The van der Waals surface area contributed by atoms with Gasteiger partial charge in [0.2, 0.25) is 11.8 Å². The summed E-state index contributed by atoms with van der Waals surface area (Å²) in [6, 6.07) is 5.69. The van der Waals surface area contributed by atoms with Gasteiger partial charge < -0.3 is 8.83 Å². The Labute approximate surface area is 144 Å². The van der Waals surface area contributed by atoms with Gasteiger partial charge >= 0.3 is 0 Å². The fourth-order valence-electron chi connectivity index (χ4n) is 3.26. The van der Waals surface area contributed by atoms with Gasteiger partial charge in [-0.05, 0) is 51.1 Å². The minimum Gasteiger partial charge on any atom is -0.440 e. The lowest BCUT2D eigenvalue weighted by Crippen LogP contribution is -2.35. The minimum absolute atomic E-state index is 0.134. The van der Waals surface area contributed by atoms with Crippen LogP contribution in [0.2, 0.25) is 5.02 Å². The molecule has 1 fully saturated rings. The predicted octanol–water partition coefficient (Wildman–Crippen LogP) is 4.11. The third kappa shape index (κ3) is 2.91. The average Bonchev–Trinajstić information content (AvgIpc) is 3.20. The highest BCUT2D eigenvalue weighted by atomic mass is 35.5. The van der Waals surface area contributed by atoms with Crippen LogP contribution in [0.3, 0.4) is 0 Å². The first kappa shape index (κ1) is 15.6. The summed E-state index contributed by atoms with van der Waals surface area (Å²) in [7, 11) is 0. The predicted molar refractivity (Wildman–Crippen MR) is 90.0 cm³/mol. The monoisotopic (exact) mass is 346 g/mol. The minimum atomic E-state index is 0.134. The van der Waals surface area contributed by atoms with Gasteiger partial charge in [-0.25, -0.2) is 4.98 Å². The average molecular weight is 347 g/mol. The van der Waals surface area contributed by atoms with E-state index in [0.717, 1.165) is 42.9 Å². The number of aryl methyl sites for hydroxylation is 1. The molecular formula is C17H19ClN4O2. The molecule has 0 radical (unpaired) electrons. The SMILES string of the molecule is Cc1nnc([C@@H](C)N2CCC(c3nc4cc(Cl)ccc4o3)CC2)o1. The zero-order valence-corrected chi connectivity index (χ0v) is 14.5. The number of fused-ring (bicyclic) bond motifs is 1. The number of oxazole rings is 1. The quantitative estimate of drug-likeness (QED) is 0.710. The van der Waals surface area contributed by atoms with Gasteiger partial charge in [-0.15, -0.1) is 10.2 Å². The van der Waals surface area contributed by atoms with E-state index in [1.54, 1.807) is 0 Å². The van der Waals surface area contributed by atoms with Crippen molar-refractivity contribution >= 4 is 22.7 Å². The second kappa shape index (κ2) is 6.18. The Morgan fingerprint density at radius 1 is 1.21 bits per heavy atom. The summed E-state index contributed by atoms with van der Waals surface area (Å²) in [4.78, 5) is 6.98. The first-order valence-electron chi connectivity index (χ1n) is 8.20. The maximum Gasteiger partial charge on any atom is 0.233 e. The Morgan fingerprint density at radius 3 is 2.71 bits per heavy atom. The molecule has 3 heterocycles. The molecule has 0 amide bonds. The van der Waals surface area contributed by atoms with Crippen molar-refractivity contribution in [3.8, 4) is 0 Å². The molecule has 1 atom stereocenters. The van der Waals surface area contributed by atoms with E-state index < -0.39 is 0 Å². The highest BCUT2D eigenvalue weighted by Crippen LogP contribution is 2.33. The van der Waals surface area contributed by atoms with Gasteiger partial charge in [0.05, 0.1) is 6.04 Å². The number of hydrogen-bond donors (Lipinski definition) is 0. The Kier molecular flexibility index (Phi) is 4.02. The lowest BCUT2D eigenvalue weighted by atomic mass is 9.96. The number of piperidine rings is 1. The summed E-state index contributed by atoms with van der Waals surface area (Å²) in [5.74, 6) is 2.44. The van der Waals surface area contributed by atoms with Crippen molar-refractivity contribution < 1.29 is 8.83 Å². The first-order valence-corrected chi connectivity index (χ1v) is 8.58. The van der Waals surface area contributed by atoms with Gasteiger partial charge in [-0.1, -0.05) is 11.6 Å². The number of nitrogens with zero attached hydrogens (tertiary/aromatic N) is 4. The highest BCUT2D eigenvalue weighted by Gasteiger charge is 2.29. The third-order valence-electron chi connectivity index (χ3n) is 4.69. The standard InChI is InChI=1S/C17H19ClN4O2/c1-10(16-21-20-11(2)23-16)22-7-5-12(6-8-22)17-19-14-9-13(18)3-4-15(14)24-17/h3-4,9-10,12H,5-8H2,1-2H3/t10-/m1/s1. The summed E-state index contributed by atoms with van der Waals surface area (Å²) in [6.45, 7) is 5.82. The molecule has 0 N–H and O–H groups in total. The molecule has 3 aromatic rings. The molecule has 1 aromatic carbocycles. The number of likely N-dealkylation sites (tertiary alicyclic amines) is 1. The second-order valence-corrected chi connectivity index (χ2v) is 6.75. The molecule has 0 aliphatic carbocycles. The summed E-state index contributed by atoms with van der Waals surface area (Å²) >= 11 is 6.02. The zero-order valence-electron chi connectivity index (χ0n) is 13.7. The molecule has 4 rings (SSSR count). The van der Waals surface area contributed by atoms with E-state index in [0.29, 0.717) is 22.7 Å². The molecule has 1 aliphatic heterocycles. The Hall–Kier alpha value is -1.92. The van der Waals surface area contributed by atoms with Gasteiger partial charge in [0, 0.05) is 17.9 Å². The maximum atomic E-state index is 6.02. The van der Waals surface area contributed by atoms with Crippen molar-refractivity contribution in [2.75, 3.05) is 13.1 Å². The summed E-state index contributed by atoms with van der Waals surface area (Å²) in [5, 5.41) is 8.73. The molecule has 7 heteroatoms. The van der Waals surface area contributed by atoms with E-state index in [9.17, 15) is 0 Å². The molecule has 6 nitrogen and oxygen atoms in total. The van der Waals surface area contributed by atoms with Crippen molar-refractivity contribution in [2.45, 2.75) is 38.6 Å². The van der Waals surface area contributed by atoms with Crippen LogP contribution in [0, 0.1) is 6.92 Å². The smallest absolute Gasteiger partial charge is 0.233 e. The van der Waals surface area contributed by atoms with Crippen LogP contribution in [-0.2, 0) is 0 Å². The van der Waals surface area contributed by atoms with Crippen LogP contribution < -0.4 is 0 Å². The molecule has 0 saturated carbocycles. The molecule has 0 bridgehead atoms. The van der Waals surface area contributed by atoms with Gasteiger partial charge in [-0.3, -0.25) is 4.90 Å². The van der Waals surface area contributed by atoms with Crippen LogP contribution in [0.15, 0.2) is 27.0 Å². The van der Waals surface area contributed by atoms with Crippen molar-refractivity contribution in [3.63, 3.8) is 0 Å². The van der Waals surface area contributed by atoms with Crippen LogP contribution >= 0.6 is 11.6 Å². The molecule has 126 valence electrons. The van der Waals surface area contributed by atoms with Crippen LogP contribution in [0.4, 0.5) is 0 Å². The van der Waals surface area contributed by atoms with E-state index in [2.05, 4.69) is 27.0 Å². The molecule has 24 heavy (non-hydrogen) atoms. The van der Waals surface area contributed by atoms with E-state index >= 15 is 0 Å². The number of rotatable bonds is 3. The van der Waals surface area contributed by atoms with Crippen molar-refractivity contribution in [1.29, 1.82) is 0 Å². The number of aromatic nitrogens is 3. The van der Waals surface area contributed by atoms with Gasteiger partial charge in [-0.2, -0.15) is 0 Å². The fourth-order valence-corrected chi connectivity index (χ4v) is 3.43. The molecular weight excluding hydrogens is 328 g/mol. The zero-order chi connectivity index (χ0) is 16.7. The number of benzene rings is 1. The highest BCUT2D eigenvalue weighted by molar-refractivity contribution is 6.31. The second-order valence-electron chi connectivity index (χ2n) is 6.31. The molecule has 0 unspecified atom stereocenters. The maximum absolute atomic E-state index is 6.02. The lowest BCUT2D eigenvalue weighted by molar-refractivity contribution is 0.136. The first-order chi connectivity index (χ1) is 11.6. The molecule has 1 aliphatic rings. The largest absolute Gasteiger partial charge is 0.440 e. The Bertz CT molecular complexity index is 851. The van der Waals surface area contributed by atoms with Crippen LogP contribution in [0.5, 0.6) is 0 Å². The summed E-state index contributed by atoms with van der Waals surface area (Å²) in [6.07, 6.45) is 2.00. The van der Waals surface area contributed by atoms with Crippen molar-refractivity contribution in [2.24, 2.45) is 0 Å². The van der Waals surface area contributed by atoms with E-state index in [-0.39, 0.29) is 6.04 Å². The topological polar surface area (TPSA) is 68.2 Å². The van der Waals surface area contributed by atoms with Crippen LogP contribution in [-0.4, -0.2) is 33.2 Å². The molecule has 1 saturated heterocycles. The van der Waals surface area contributed by atoms with E-state index in [1.165, 1.54) is 0 Å². The molecule has 2 aromatic heterocycles. The Balaban J connectivity index is 1.45. The van der Waals surface area contributed by atoms with Gasteiger partial charge in [0.1, 0.15) is 5.52 Å². The van der Waals surface area contributed by atoms with Gasteiger partial charge in [0.15, 0.2) is 11.5 Å². The fraction of sp³-hybridized carbons (Fsp3) is 0.471. The van der Waals surface area contributed by atoms with Crippen molar-refractivity contribution in [3.05, 3.63) is 40.9 Å². The van der Waals surface area contributed by atoms with Crippen LogP contribution in [0.1, 0.15) is 49.4 Å². The summed E-state index contributed by atoms with van der Waals surface area (Å²) < 4.78 is 11.5. The molecule has 0 spiro atoms. The number of hydrogen-bond acceptors (Lipinski definition) is 6.